The van der Waals surface area contributed by atoms with Crippen molar-refractivity contribution in [3.05, 3.63) is 70.4 Å². The molecule has 1 heterocycles. The van der Waals surface area contributed by atoms with Crippen molar-refractivity contribution in [3.63, 3.8) is 0 Å². The molecular formula is C16H9ClF2N2OS. The highest BCUT2D eigenvalue weighted by Gasteiger charge is 2.33. The lowest BCUT2D eigenvalue weighted by Crippen LogP contribution is -2.30. The maximum Gasteiger partial charge on any atom is 0.281 e. The van der Waals surface area contributed by atoms with Crippen molar-refractivity contribution in [3.8, 4) is 0 Å². The van der Waals surface area contributed by atoms with Gasteiger partial charge in [0.05, 0.1) is 10.7 Å². The minimum atomic E-state index is -0.769. The van der Waals surface area contributed by atoms with E-state index >= 15 is 0 Å². The second kappa shape index (κ2) is 6.06. The van der Waals surface area contributed by atoms with Gasteiger partial charge in [0.2, 0.25) is 0 Å². The number of amides is 1. The Morgan fingerprint density at radius 3 is 2.39 bits per heavy atom. The maximum atomic E-state index is 13.7. The summed E-state index contributed by atoms with van der Waals surface area (Å²) in [7, 11) is 0. The molecule has 0 unspecified atom stereocenters. The number of nitrogens with one attached hydrogen (secondary N) is 1. The molecule has 1 aliphatic heterocycles. The first-order chi connectivity index (χ1) is 11.0. The maximum absolute atomic E-state index is 13.7. The second-order valence-corrected chi connectivity index (χ2v) is 5.51. The normalized spacial score (nSPS) is 16.1. The van der Waals surface area contributed by atoms with E-state index in [1.165, 1.54) is 11.0 Å². The predicted molar refractivity (Wildman–Crippen MR) is 89.0 cm³/mol. The van der Waals surface area contributed by atoms with Gasteiger partial charge in [-0.15, -0.1) is 0 Å². The molecule has 1 N–H and O–H groups in total. The van der Waals surface area contributed by atoms with Gasteiger partial charge in [-0.1, -0.05) is 29.8 Å². The summed E-state index contributed by atoms with van der Waals surface area (Å²) in [6.45, 7) is 0. The summed E-state index contributed by atoms with van der Waals surface area (Å²) in [6, 6.07) is 10.1. The molecule has 0 atom stereocenters. The summed E-state index contributed by atoms with van der Waals surface area (Å²) < 4.78 is 27.4. The molecule has 0 aliphatic carbocycles. The highest BCUT2D eigenvalue weighted by Crippen LogP contribution is 2.29. The second-order valence-electron chi connectivity index (χ2n) is 4.72. The third-order valence-corrected chi connectivity index (χ3v) is 3.86. The molecule has 1 fully saturated rings. The van der Waals surface area contributed by atoms with Gasteiger partial charge in [0, 0.05) is 5.56 Å². The van der Waals surface area contributed by atoms with E-state index in [-0.39, 0.29) is 16.4 Å². The molecule has 116 valence electrons. The number of anilines is 1. The van der Waals surface area contributed by atoms with Gasteiger partial charge < -0.3 is 5.32 Å². The zero-order valence-electron chi connectivity index (χ0n) is 11.5. The molecule has 1 saturated heterocycles. The summed E-state index contributed by atoms with van der Waals surface area (Å²) >= 11 is 11.2. The molecule has 0 spiro atoms. The van der Waals surface area contributed by atoms with Crippen LogP contribution in [0.2, 0.25) is 5.02 Å². The zero-order chi connectivity index (χ0) is 16.6. The first-order valence-corrected chi connectivity index (χ1v) is 7.33. The van der Waals surface area contributed by atoms with Crippen molar-refractivity contribution in [1.29, 1.82) is 0 Å². The van der Waals surface area contributed by atoms with E-state index in [0.717, 1.165) is 18.2 Å². The van der Waals surface area contributed by atoms with Crippen LogP contribution in [-0.2, 0) is 4.79 Å². The molecule has 0 radical (unpaired) electrons. The van der Waals surface area contributed by atoms with Gasteiger partial charge in [0.25, 0.3) is 5.91 Å². The quantitative estimate of drug-likeness (QED) is 0.659. The van der Waals surface area contributed by atoms with Crippen LogP contribution in [0.25, 0.3) is 6.08 Å². The van der Waals surface area contributed by atoms with E-state index in [9.17, 15) is 13.6 Å². The SMILES string of the molecule is O=C1/C(=C/c2c(F)cccc2F)NC(=S)N1c1ccccc1Cl. The number of benzene rings is 2. The van der Waals surface area contributed by atoms with E-state index < -0.39 is 17.5 Å². The number of hydrogen-bond donors (Lipinski definition) is 1. The highest BCUT2D eigenvalue weighted by molar-refractivity contribution is 7.80. The number of nitrogens with zero attached hydrogens (tertiary/aromatic N) is 1. The number of halogens is 3. The largest absolute Gasteiger partial charge is 0.327 e. The Kier molecular flexibility index (Phi) is 4.11. The van der Waals surface area contributed by atoms with Gasteiger partial charge in [0.1, 0.15) is 17.3 Å². The minimum absolute atomic E-state index is 0.0288. The van der Waals surface area contributed by atoms with Gasteiger partial charge >= 0.3 is 0 Å². The summed E-state index contributed by atoms with van der Waals surface area (Å²) in [5.41, 5.74) is 0.0557. The summed E-state index contributed by atoms with van der Waals surface area (Å²) in [5.74, 6) is -2.07. The van der Waals surface area contributed by atoms with Crippen LogP contribution in [-0.4, -0.2) is 11.0 Å². The Hall–Kier alpha value is -2.31. The molecule has 2 aromatic carbocycles. The zero-order valence-corrected chi connectivity index (χ0v) is 13.1. The molecule has 23 heavy (non-hydrogen) atoms. The summed E-state index contributed by atoms with van der Waals surface area (Å²) in [4.78, 5) is 13.7. The topological polar surface area (TPSA) is 32.3 Å². The molecular weight excluding hydrogens is 342 g/mol. The van der Waals surface area contributed by atoms with Crippen LogP contribution in [0.4, 0.5) is 14.5 Å². The Bertz CT molecular complexity index is 833. The van der Waals surface area contributed by atoms with E-state index in [0.29, 0.717) is 10.7 Å². The standard InChI is InChI=1S/C16H9ClF2N2OS/c17-10-4-1-2-7-14(10)21-15(22)13(20-16(21)23)8-9-11(18)5-3-6-12(9)19/h1-8H,(H,20,23)/b13-8-. The van der Waals surface area contributed by atoms with E-state index in [1.54, 1.807) is 24.3 Å². The lowest BCUT2D eigenvalue weighted by molar-refractivity contribution is -0.113. The van der Waals surface area contributed by atoms with Gasteiger partial charge in [-0.05, 0) is 42.6 Å². The van der Waals surface area contributed by atoms with Crippen molar-refractivity contribution in [1.82, 2.24) is 5.32 Å². The molecule has 0 aromatic heterocycles. The number of para-hydroxylation sites is 1. The van der Waals surface area contributed by atoms with Crippen LogP contribution in [0, 0.1) is 11.6 Å². The van der Waals surface area contributed by atoms with Crippen LogP contribution in [0.5, 0.6) is 0 Å². The average Bonchev–Trinajstić information content (AvgIpc) is 2.78. The smallest absolute Gasteiger partial charge is 0.281 e. The van der Waals surface area contributed by atoms with E-state index in [2.05, 4.69) is 5.32 Å². The molecule has 1 aliphatic rings. The van der Waals surface area contributed by atoms with Crippen molar-refractivity contribution in [2.75, 3.05) is 4.90 Å². The van der Waals surface area contributed by atoms with Crippen molar-refractivity contribution >= 4 is 46.6 Å². The van der Waals surface area contributed by atoms with Crippen molar-refractivity contribution < 1.29 is 13.6 Å². The minimum Gasteiger partial charge on any atom is -0.327 e. The van der Waals surface area contributed by atoms with Gasteiger partial charge in [-0.3, -0.25) is 9.69 Å². The lowest BCUT2D eigenvalue weighted by atomic mass is 10.1. The molecule has 3 rings (SSSR count). The van der Waals surface area contributed by atoms with Crippen LogP contribution in [0.15, 0.2) is 48.2 Å². The third-order valence-electron chi connectivity index (χ3n) is 3.26. The molecule has 0 saturated carbocycles. The molecule has 3 nitrogen and oxygen atoms in total. The fraction of sp³-hybridized carbons (Fsp3) is 0. The van der Waals surface area contributed by atoms with Crippen LogP contribution >= 0.6 is 23.8 Å². The number of carbonyl (C=O) groups is 1. The number of hydrogen-bond acceptors (Lipinski definition) is 2. The molecule has 1 amide bonds. The lowest BCUT2D eigenvalue weighted by Gasteiger charge is -2.15. The number of carbonyl (C=O) groups excluding carboxylic acids is 1. The number of thiocarbonyl (C=S) groups is 1. The predicted octanol–water partition coefficient (Wildman–Crippen LogP) is 3.88. The Morgan fingerprint density at radius 2 is 1.74 bits per heavy atom. The van der Waals surface area contributed by atoms with Crippen molar-refractivity contribution in [2.45, 2.75) is 0 Å². The van der Waals surface area contributed by atoms with E-state index in [4.69, 9.17) is 23.8 Å². The number of rotatable bonds is 2. The van der Waals surface area contributed by atoms with Gasteiger partial charge in [0.15, 0.2) is 5.11 Å². The van der Waals surface area contributed by atoms with Gasteiger partial charge in [-0.2, -0.15) is 0 Å². The van der Waals surface area contributed by atoms with Crippen molar-refractivity contribution in [2.24, 2.45) is 0 Å². The third kappa shape index (κ3) is 2.83. The van der Waals surface area contributed by atoms with Crippen LogP contribution in [0.3, 0.4) is 0 Å². The van der Waals surface area contributed by atoms with Crippen LogP contribution in [0.1, 0.15) is 5.56 Å². The fourth-order valence-electron chi connectivity index (χ4n) is 2.18. The first kappa shape index (κ1) is 15.6. The van der Waals surface area contributed by atoms with E-state index in [1.807, 2.05) is 0 Å². The fourth-order valence-corrected chi connectivity index (χ4v) is 2.69. The highest BCUT2D eigenvalue weighted by atomic mass is 35.5. The van der Waals surface area contributed by atoms with Crippen LogP contribution < -0.4 is 10.2 Å². The first-order valence-electron chi connectivity index (χ1n) is 6.54. The summed E-state index contributed by atoms with van der Waals surface area (Å²) in [6.07, 6.45) is 1.09. The average molecular weight is 351 g/mol. The monoisotopic (exact) mass is 350 g/mol. The molecule has 7 heteroatoms. The van der Waals surface area contributed by atoms with Gasteiger partial charge in [-0.25, -0.2) is 8.78 Å². The molecule has 2 aromatic rings. The Morgan fingerprint density at radius 1 is 1.09 bits per heavy atom. The summed E-state index contributed by atoms with van der Waals surface area (Å²) in [5, 5.41) is 3.08. The molecule has 0 bridgehead atoms. The Labute approximate surface area is 141 Å². The Balaban J connectivity index is 2.02.